The standard InChI is InChI=1S/C32H33ClN6O3S/c1-20-37-38-31-27(18-29(40)34-15-4-16-35-32(41)23-7-5-21(6-8-23)19-43-3)36-30(22-9-11-24(33)12-10-22)26-17-25(42-2)13-14-28(26)39(20)31/h5-14,17,27H,4,15-16,18-19H2,1-3H3,(H,34,40)(H,35,41)/t27-/m0/s1. The number of methoxy groups -OCH3 is 1. The van der Waals surface area contributed by atoms with Crippen LogP contribution in [0.4, 0.5) is 0 Å². The monoisotopic (exact) mass is 616 g/mol. The molecule has 9 nitrogen and oxygen atoms in total. The van der Waals surface area contributed by atoms with E-state index in [0.717, 1.165) is 22.6 Å². The van der Waals surface area contributed by atoms with Crippen molar-refractivity contribution in [3.8, 4) is 11.4 Å². The molecule has 1 aliphatic heterocycles. The second-order valence-corrected chi connectivity index (χ2v) is 11.4. The van der Waals surface area contributed by atoms with E-state index in [2.05, 4.69) is 20.8 Å². The van der Waals surface area contributed by atoms with Gasteiger partial charge in [0.1, 0.15) is 17.6 Å². The highest BCUT2D eigenvalue weighted by atomic mass is 35.5. The van der Waals surface area contributed by atoms with Crippen LogP contribution in [0, 0.1) is 6.92 Å². The molecule has 0 saturated carbocycles. The molecule has 222 valence electrons. The zero-order valence-electron chi connectivity index (χ0n) is 24.3. The predicted molar refractivity (Wildman–Crippen MR) is 171 cm³/mol. The van der Waals surface area contributed by atoms with E-state index in [1.165, 1.54) is 5.56 Å². The Balaban J connectivity index is 1.28. The molecule has 4 aromatic rings. The molecule has 0 aliphatic carbocycles. The molecular weight excluding hydrogens is 584 g/mol. The van der Waals surface area contributed by atoms with Crippen molar-refractivity contribution in [1.82, 2.24) is 25.4 Å². The minimum atomic E-state index is -0.584. The number of hydrogen-bond acceptors (Lipinski definition) is 7. The number of hydrogen-bond donors (Lipinski definition) is 2. The Labute approximate surface area is 260 Å². The van der Waals surface area contributed by atoms with E-state index in [0.29, 0.717) is 53.2 Å². The van der Waals surface area contributed by atoms with Crippen molar-refractivity contribution < 1.29 is 14.3 Å². The molecule has 0 unspecified atom stereocenters. The fraction of sp³-hybridized carbons (Fsp3) is 0.281. The molecule has 5 rings (SSSR count). The molecular formula is C32H33ClN6O3S. The Morgan fingerprint density at radius 1 is 1.00 bits per heavy atom. The first-order valence-corrected chi connectivity index (χ1v) is 15.7. The van der Waals surface area contributed by atoms with Crippen LogP contribution in [0.3, 0.4) is 0 Å². The maximum Gasteiger partial charge on any atom is 0.251 e. The molecule has 0 radical (unpaired) electrons. The van der Waals surface area contributed by atoms with Crippen molar-refractivity contribution in [3.63, 3.8) is 0 Å². The van der Waals surface area contributed by atoms with Gasteiger partial charge >= 0.3 is 0 Å². The number of aryl methyl sites for hydroxylation is 1. The zero-order valence-corrected chi connectivity index (χ0v) is 25.8. The third-order valence-corrected chi connectivity index (χ3v) is 7.99. The predicted octanol–water partition coefficient (Wildman–Crippen LogP) is 5.32. The summed E-state index contributed by atoms with van der Waals surface area (Å²) in [6.07, 6.45) is 2.72. The number of ether oxygens (including phenoxy) is 1. The van der Waals surface area contributed by atoms with Crippen molar-refractivity contribution in [2.45, 2.75) is 31.6 Å². The van der Waals surface area contributed by atoms with Gasteiger partial charge in [0.2, 0.25) is 5.91 Å². The first-order valence-electron chi connectivity index (χ1n) is 13.9. The van der Waals surface area contributed by atoms with E-state index >= 15 is 0 Å². The lowest BCUT2D eigenvalue weighted by molar-refractivity contribution is -0.121. The highest BCUT2D eigenvalue weighted by Gasteiger charge is 2.30. The molecule has 0 saturated heterocycles. The number of nitrogens with zero attached hydrogens (tertiary/aromatic N) is 4. The van der Waals surface area contributed by atoms with Gasteiger partial charge in [0.25, 0.3) is 5.91 Å². The van der Waals surface area contributed by atoms with Crippen LogP contribution in [0.1, 0.15) is 57.6 Å². The third-order valence-electron chi connectivity index (χ3n) is 7.12. The number of aromatic nitrogens is 3. The topological polar surface area (TPSA) is 110 Å². The van der Waals surface area contributed by atoms with E-state index in [1.54, 1.807) is 18.9 Å². The molecule has 0 spiro atoms. The van der Waals surface area contributed by atoms with Crippen LogP contribution >= 0.6 is 23.4 Å². The Kier molecular flexibility index (Phi) is 9.79. The molecule has 11 heteroatoms. The van der Waals surface area contributed by atoms with Crippen LogP contribution in [0.15, 0.2) is 71.7 Å². The summed E-state index contributed by atoms with van der Waals surface area (Å²) in [5, 5.41) is 15.2. The van der Waals surface area contributed by atoms with Gasteiger partial charge in [0.15, 0.2) is 5.82 Å². The Hall–Kier alpha value is -4.15. The molecule has 1 aromatic heterocycles. The van der Waals surface area contributed by atoms with Gasteiger partial charge in [0, 0.05) is 40.6 Å². The lowest BCUT2D eigenvalue weighted by atomic mass is 10.00. The molecule has 1 aliphatic rings. The van der Waals surface area contributed by atoms with Gasteiger partial charge in [-0.2, -0.15) is 11.8 Å². The summed E-state index contributed by atoms with van der Waals surface area (Å²) in [5.74, 6) is 2.57. The second-order valence-electron chi connectivity index (χ2n) is 10.1. The normalized spacial score (nSPS) is 13.8. The Morgan fingerprint density at radius 3 is 2.47 bits per heavy atom. The van der Waals surface area contributed by atoms with E-state index in [4.69, 9.17) is 21.3 Å². The fourth-order valence-electron chi connectivity index (χ4n) is 4.96. The maximum absolute atomic E-state index is 13.1. The highest BCUT2D eigenvalue weighted by Crippen LogP contribution is 2.34. The molecule has 1 atom stereocenters. The number of carbonyl (C=O) groups is 2. The van der Waals surface area contributed by atoms with Gasteiger partial charge in [-0.3, -0.25) is 19.1 Å². The van der Waals surface area contributed by atoms with Crippen LogP contribution in [-0.2, 0) is 10.5 Å². The molecule has 3 aromatic carbocycles. The largest absolute Gasteiger partial charge is 0.497 e. The van der Waals surface area contributed by atoms with Crippen molar-refractivity contribution in [2.24, 2.45) is 4.99 Å². The summed E-state index contributed by atoms with van der Waals surface area (Å²) < 4.78 is 7.47. The average molecular weight is 617 g/mol. The average Bonchev–Trinajstić information content (AvgIpc) is 3.34. The summed E-state index contributed by atoms with van der Waals surface area (Å²) in [7, 11) is 1.62. The lowest BCUT2D eigenvalue weighted by Gasteiger charge is -2.14. The molecule has 0 bridgehead atoms. The van der Waals surface area contributed by atoms with Crippen molar-refractivity contribution in [1.29, 1.82) is 0 Å². The SMILES string of the molecule is COc1ccc2c(c1)C(c1ccc(Cl)cc1)=N[C@@H](CC(=O)NCCCNC(=O)c1ccc(CSC)cc1)c1nnc(C)n1-2. The molecule has 2 heterocycles. The van der Waals surface area contributed by atoms with Crippen LogP contribution in [0.2, 0.25) is 5.02 Å². The first-order chi connectivity index (χ1) is 20.9. The number of thioether (sulfide) groups is 1. The van der Waals surface area contributed by atoms with Crippen molar-refractivity contribution in [3.05, 3.63) is 106 Å². The number of nitrogens with one attached hydrogen (secondary N) is 2. The molecule has 2 amide bonds. The second kappa shape index (κ2) is 13.9. The van der Waals surface area contributed by atoms with Gasteiger partial charge in [-0.05, 0) is 67.6 Å². The summed E-state index contributed by atoms with van der Waals surface area (Å²) in [6.45, 7) is 2.73. The van der Waals surface area contributed by atoms with E-state index in [-0.39, 0.29) is 18.2 Å². The van der Waals surface area contributed by atoms with Gasteiger partial charge in [-0.25, -0.2) is 0 Å². The number of rotatable bonds is 11. The van der Waals surface area contributed by atoms with Gasteiger partial charge in [-0.15, -0.1) is 10.2 Å². The summed E-state index contributed by atoms with van der Waals surface area (Å²) in [4.78, 5) is 30.7. The molecule has 0 fully saturated rings. The highest BCUT2D eigenvalue weighted by molar-refractivity contribution is 7.97. The fourth-order valence-corrected chi connectivity index (χ4v) is 5.62. The summed E-state index contributed by atoms with van der Waals surface area (Å²) >= 11 is 7.92. The van der Waals surface area contributed by atoms with Gasteiger partial charge < -0.3 is 15.4 Å². The minimum absolute atomic E-state index is 0.0785. The summed E-state index contributed by atoms with van der Waals surface area (Å²) in [5.41, 5.74) is 5.05. The lowest BCUT2D eigenvalue weighted by Crippen LogP contribution is -2.30. The number of halogens is 1. The minimum Gasteiger partial charge on any atom is -0.497 e. The maximum atomic E-state index is 13.1. The first kappa shape index (κ1) is 30.3. The number of fused-ring (bicyclic) bond motifs is 3. The molecule has 43 heavy (non-hydrogen) atoms. The third kappa shape index (κ3) is 7.09. The van der Waals surface area contributed by atoms with Crippen molar-refractivity contribution in [2.75, 3.05) is 26.5 Å². The number of aliphatic imine (C=N–C) groups is 1. The smallest absolute Gasteiger partial charge is 0.251 e. The van der Waals surface area contributed by atoms with Gasteiger partial charge in [0.05, 0.1) is 24.9 Å². The summed E-state index contributed by atoms with van der Waals surface area (Å²) in [6, 6.07) is 20.2. The zero-order chi connectivity index (χ0) is 30.3. The number of carbonyl (C=O) groups excluding carboxylic acids is 2. The van der Waals surface area contributed by atoms with Crippen LogP contribution in [-0.4, -0.2) is 58.7 Å². The van der Waals surface area contributed by atoms with E-state index < -0.39 is 6.04 Å². The van der Waals surface area contributed by atoms with Crippen LogP contribution in [0.5, 0.6) is 5.75 Å². The number of benzene rings is 3. The van der Waals surface area contributed by atoms with Crippen LogP contribution in [0.25, 0.3) is 5.69 Å². The van der Waals surface area contributed by atoms with E-state index in [1.807, 2.05) is 84.5 Å². The molecule has 2 N–H and O–H groups in total. The van der Waals surface area contributed by atoms with Gasteiger partial charge in [-0.1, -0.05) is 35.9 Å². The van der Waals surface area contributed by atoms with E-state index in [9.17, 15) is 9.59 Å². The quantitative estimate of drug-likeness (QED) is 0.221. The van der Waals surface area contributed by atoms with Crippen LogP contribution < -0.4 is 15.4 Å². The number of amides is 2. The van der Waals surface area contributed by atoms with Crippen molar-refractivity contribution >= 4 is 40.9 Å². The Morgan fingerprint density at radius 2 is 1.74 bits per heavy atom. The Bertz CT molecular complexity index is 1640.